The Labute approximate surface area is 150 Å². The van der Waals surface area contributed by atoms with Crippen molar-refractivity contribution in [3.8, 4) is 0 Å². The standard InChI is InChI=1S/C16H25N3O3S.ClH/c1-2-3-4-14(11-17)18-16(20)12-5-9-15(10-6-12)23(21,22)19-13-7-8-13;/h5-6,9-10,13-14,19H,2-4,7-8,11,17H2,1H3,(H,18,20);1H. The first kappa shape index (κ1) is 20.9. The zero-order valence-corrected chi connectivity index (χ0v) is 15.5. The Morgan fingerprint density at radius 1 is 1.29 bits per heavy atom. The van der Waals surface area contributed by atoms with Crippen LogP contribution in [0.3, 0.4) is 0 Å². The number of rotatable bonds is 9. The predicted molar refractivity (Wildman–Crippen MR) is 96.9 cm³/mol. The Bertz CT molecular complexity index is 630. The summed E-state index contributed by atoms with van der Waals surface area (Å²) in [4.78, 5) is 12.4. The summed E-state index contributed by atoms with van der Waals surface area (Å²) in [5.41, 5.74) is 6.11. The molecule has 0 aliphatic heterocycles. The molecule has 0 heterocycles. The molecular weight excluding hydrogens is 350 g/mol. The summed E-state index contributed by atoms with van der Waals surface area (Å²) in [6.45, 7) is 2.48. The molecule has 1 aromatic rings. The van der Waals surface area contributed by atoms with Crippen molar-refractivity contribution in [2.45, 2.75) is 56.0 Å². The molecule has 1 fully saturated rings. The number of benzene rings is 1. The second kappa shape index (κ2) is 9.36. The van der Waals surface area contributed by atoms with Crippen LogP contribution in [-0.2, 0) is 10.0 Å². The molecule has 136 valence electrons. The average molecular weight is 376 g/mol. The minimum absolute atomic E-state index is 0. The van der Waals surface area contributed by atoms with Crippen molar-refractivity contribution in [3.63, 3.8) is 0 Å². The van der Waals surface area contributed by atoms with E-state index in [0.717, 1.165) is 32.1 Å². The first-order chi connectivity index (χ1) is 11.0. The lowest BCUT2D eigenvalue weighted by molar-refractivity contribution is 0.0935. The second-order valence-electron chi connectivity index (χ2n) is 5.97. The van der Waals surface area contributed by atoms with Gasteiger partial charge in [0, 0.05) is 24.2 Å². The molecule has 1 aromatic carbocycles. The summed E-state index contributed by atoms with van der Waals surface area (Å²) in [5.74, 6) is -0.226. The van der Waals surface area contributed by atoms with Gasteiger partial charge in [0.15, 0.2) is 0 Å². The average Bonchev–Trinajstić information content (AvgIpc) is 3.34. The van der Waals surface area contributed by atoms with Crippen LogP contribution in [0.5, 0.6) is 0 Å². The van der Waals surface area contributed by atoms with Gasteiger partial charge in [0.05, 0.1) is 4.90 Å². The number of carbonyl (C=O) groups is 1. The van der Waals surface area contributed by atoms with Crippen molar-refractivity contribution in [1.29, 1.82) is 0 Å². The van der Waals surface area contributed by atoms with Gasteiger partial charge in [-0.25, -0.2) is 13.1 Å². The summed E-state index contributed by atoms with van der Waals surface area (Å²) in [5, 5.41) is 2.89. The highest BCUT2D eigenvalue weighted by Crippen LogP contribution is 2.22. The highest BCUT2D eigenvalue weighted by atomic mass is 35.5. The molecular formula is C16H26ClN3O3S. The third-order valence-corrected chi connectivity index (χ3v) is 5.39. The van der Waals surface area contributed by atoms with Gasteiger partial charge in [0.25, 0.3) is 5.91 Å². The van der Waals surface area contributed by atoms with Crippen molar-refractivity contribution in [1.82, 2.24) is 10.0 Å². The number of hydrogen-bond donors (Lipinski definition) is 3. The third kappa shape index (κ3) is 6.05. The van der Waals surface area contributed by atoms with Crippen LogP contribution in [0.25, 0.3) is 0 Å². The number of carbonyl (C=O) groups excluding carboxylic acids is 1. The minimum Gasteiger partial charge on any atom is -0.348 e. The molecule has 4 N–H and O–H groups in total. The van der Waals surface area contributed by atoms with E-state index in [9.17, 15) is 13.2 Å². The number of nitrogens with one attached hydrogen (secondary N) is 2. The second-order valence-corrected chi connectivity index (χ2v) is 7.68. The fourth-order valence-electron chi connectivity index (χ4n) is 2.24. The van der Waals surface area contributed by atoms with E-state index in [1.165, 1.54) is 24.3 Å². The predicted octanol–water partition coefficient (Wildman–Crippen LogP) is 1.80. The summed E-state index contributed by atoms with van der Waals surface area (Å²) < 4.78 is 26.8. The van der Waals surface area contributed by atoms with Crippen LogP contribution in [-0.4, -0.2) is 33.0 Å². The lowest BCUT2D eigenvalue weighted by Crippen LogP contribution is -2.40. The van der Waals surface area contributed by atoms with E-state index in [2.05, 4.69) is 17.0 Å². The summed E-state index contributed by atoms with van der Waals surface area (Å²) >= 11 is 0. The molecule has 1 unspecified atom stereocenters. The highest BCUT2D eigenvalue weighted by Gasteiger charge is 2.28. The van der Waals surface area contributed by atoms with E-state index < -0.39 is 10.0 Å². The molecule has 0 aromatic heterocycles. The Balaban J connectivity index is 0.00000288. The molecule has 1 aliphatic rings. The maximum absolute atomic E-state index is 12.2. The fourth-order valence-corrected chi connectivity index (χ4v) is 3.55. The number of hydrogen-bond acceptors (Lipinski definition) is 4. The van der Waals surface area contributed by atoms with E-state index in [4.69, 9.17) is 5.73 Å². The number of halogens is 1. The van der Waals surface area contributed by atoms with Crippen LogP contribution in [0.2, 0.25) is 0 Å². The molecule has 1 atom stereocenters. The Hall–Kier alpha value is -1.15. The molecule has 0 bridgehead atoms. The lowest BCUT2D eigenvalue weighted by atomic mass is 10.1. The number of unbranched alkanes of at least 4 members (excludes halogenated alkanes) is 1. The first-order valence-corrected chi connectivity index (χ1v) is 9.58. The zero-order valence-electron chi connectivity index (χ0n) is 13.8. The molecule has 0 spiro atoms. The molecule has 0 saturated heterocycles. The van der Waals surface area contributed by atoms with Gasteiger partial charge < -0.3 is 11.1 Å². The van der Waals surface area contributed by atoms with Crippen LogP contribution in [0.15, 0.2) is 29.2 Å². The van der Waals surface area contributed by atoms with E-state index in [1.807, 2.05) is 0 Å². The highest BCUT2D eigenvalue weighted by molar-refractivity contribution is 7.89. The van der Waals surface area contributed by atoms with Crippen molar-refractivity contribution in [2.75, 3.05) is 6.54 Å². The lowest BCUT2D eigenvalue weighted by Gasteiger charge is -2.16. The quantitative estimate of drug-likeness (QED) is 0.612. The van der Waals surface area contributed by atoms with Crippen LogP contribution in [0.1, 0.15) is 49.4 Å². The van der Waals surface area contributed by atoms with Gasteiger partial charge in [0.2, 0.25) is 10.0 Å². The molecule has 1 amide bonds. The van der Waals surface area contributed by atoms with E-state index in [1.54, 1.807) is 0 Å². The molecule has 1 saturated carbocycles. The van der Waals surface area contributed by atoms with Gasteiger partial charge in [0.1, 0.15) is 0 Å². The molecule has 6 nitrogen and oxygen atoms in total. The van der Waals surface area contributed by atoms with Crippen molar-refractivity contribution < 1.29 is 13.2 Å². The fraction of sp³-hybridized carbons (Fsp3) is 0.562. The van der Waals surface area contributed by atoms with Crippen LogP contribution in [0, 0.1) is 0 Å². The van der Waals surface area contributed by atoms with Crippen molar-refractivity contribution >= 4 is 28.3 Å². The topological polar surface area (TPSA) is 101 Å². The normalized spacial score (nSPS) is 15.4. The molecule has 1 aliphatic carbocycles. The first-order valence-electron chi connectivity index (χ1n) is 8.09. The van der Waals surface area contributed by atoms with Gasteiger partial charge in [-0.1, -0.05) is 19.8 Å². The zero-order chi connectivity index (χ0) is 16.9. The molecule has 2 rings (SSSR count). The van der Waals surface area contributed by atoms with E-state index in [-0.39, 0.29) is 35.3 Å². The van der Waals surface area contributed by atoms with Gasteiger partial charge in [-0.15, -0.1) is 12.4 Å². The van der Waals surface area contributed by atoms with Crippen LogP contribution >= 0.6 is 12.4 Å². The smallest absolute Gasteiger partial charge is 0.251 e. The van der Waals surface area contributed by atoms with Gasteiger partial charge >= 0.3 is 0 Å². The summed E-state index contributed by atoms with van der Waals surface area (Å²) in [6, 6.07) is 6.00. The third-order valence-electron chi connectivity index (χ3n) is 3.85. The van der Waals surface area contributed by atoms with Gasteiger partial charge in [-0.2, -0.15) is 0 Å². The Kier molecular flexibility index (Phi) is 8.15. The Morgan fingerprint density at radius 3 is 2.42 bits per heavy atom. The number of amides is 1. The van der Waals surface area contributed by atoms with Gasteiger partial charge in [-0.3, -0.25) is 4.79 Å². The van der Waals surface area contributed by atoms with E-state index in [0.29, 0.717) is 12.1 Å². The maximum Gasteiger partial charge on any atom is 0.251 e. The van der Waals surface area contributed by atoms with Crippen molar-refractivity contribution in [3.05, 3.63) is 29.8 Å². The largest absolute Gasteiger partial charge is 0.348 e. The summed E-state index contributed by atoms with van der Waals surface area (Å²) in [6.07, 6.45) is 4.67. The minimum atomic E-state index is -3.48. The number of nitrogens with two attached hydrogens (primary N) is 1. The SMILES string of the molecule is CCCCC(CN)NC(=O)c1ccc(S(=O)(=O)NC2CC2)cc1.Cl. The van der Waals surface area contributed by atoms with Crippen LogP contribution in [0.4, 0.5) is 0 Å². The molecule has 24 heavy (non-hydrogen) atoms. The monoisotopic (exact) mass is 375 g/mol. The van der Waals surface area contributed by atoms with Crippen LogP contribution < -0.4 is 15.8 Å². The van der Waals surface area contributed by atoms with Crippen molar-refractivity contribution in [2.24, 2.45) is 5.73 Å². The summed E-state index contributed by atoms with van der Waals surface area (Å²) in [7, 11) is -3.48. The van der Waals surface area contributed by atoms with Gasteiger partial charge in [-0.05, 0) is 43.5 Å². The number of sulfonamides is 1. The molecule has 0 radical (unpaired) electrons. The Morgan fingerprint density at radius 2 is 1.92 bits per heavy atom. The molecule has 8 heteroatoms. The maximum atomic E-state index is 12.2. The van der Waals surface area contributed by atoms with E-state index >= 15 is 0 Å².